The Morgan fingerprint density at radius 2 is 1.90 bits per heavy atom. The minimum absolute atomic E-state index is 0.192. The molecule has 0 spiro atoms. The molecule has 0 saturated heterocycles. The van der Waals surface area contributed by atoms with E-state index >= 15 is 0 Å². The number of ether oxygens (including phenoxy) is 2. The first kappa shape index (κ1) is 20.1. The van der Waals surface area contributed by atoms with Gasteiger partial charge in [-0.3, -0.25) is 0 Å². The first-order valence-electron chi connectivity index (χ1n) is 10.4. The zero-order valence-corrected chi connectivity index (χ0v) is 17.3. The van der Waals surface area contributed by atoms with Gasteiger partial charge in [0.25, 0.3) is 0 Å². The fourth-order valence-electron chi connectivity index (χ4n) is 6.08. The molecule has 1 heterocycles. The van der Waals surface area contributed by atoms with Crippen LogP contribution >= 0.6 is 0 Å². The molecule has 4 fully saturated rings. The average Bonchev–Trinajstić information content (AvgIpc) is 2.56. The summed E-state index contributed by atoms with van der Waals surface area (Å²) in [7, 11) is 0. The molecule has 4 bridgehead atoms. The van der Waals surface area contributed by atoms with E-state index in [9.17, 15) is 14.7 Å². The molecule has 1 amide bonds. The number of pyridine rings is 1. The molecule has 0 radical (unpaired) electrons. The molecule has 5 rings (SSSR count). The third-order valence-corrected chi connectivity index (χ3v) is 6.43. The number of amides is 1. The van der Waals surface area contributed by atoms with E-state index in [-0.39, 0.29) is 5.88 Å². The van der Waals surface area contributed by atoms with Crippen molar-refractivity contribution in [3.05, 3.63) is 24.4 Å². The van der Waals surface area contributed by atoms with Gasteiger partial charge in [0.1, 0.15) is 11.6 Å². The van der Waals surface area contributed by atoms with Crippen molar-refractivity contribution in [2.45, 2.75) is 76.5 Å². The van der Waals surface area contributed by atoms with E-state index in [0.717, 1.165) is 32.1 Å². The van der Waals surface area contributed by atoms with Crippen LogP contribution in [0.1, 0.15) is 59.3 Å². The summed E-state index contributed by atoms with van der Waals surface area (Å²) < 4.78 is 10.9. The molecular weight excluding hydrogens is 372 g/mol. The largest absolute Gasteiger partial charge is 0.444 e. The lowest BCUT2D eigenvalue weighted by Crippen LogP contribution is -2.65. The van der Waals surface area contributed by atoms with Gasteiger partial charge in [0.15, 0.2) is 0 Å². The molecule has 29 heavy (non-hydrogen) atoms. The first-order chi connectivity index (χ1) is 13.6. The van der Waals surface area contributed by atoms with Gasteiger partial charge in [0.05, 0.1) is 5.60 Å². The van der Waals surface area contributed by atoms with Gasteiger partial charge in [0, 0.05) is 17.7 Å². The highest BCUT2D eigenvalue weighted by Gasteiger charge is 2.61. The Bertz CT molecular complexity index is 774. The zero-order valence-electron chi connectivity index (χ0n) is 17.3. The Labute approximate surface area is 171 Å². The maximum absolute atomic E-state index is 13.2. The van der Waals surface area contributed by atoms with Crippen LogP contribution in [0.2, 0.25) is 0 Å². The highest BCUT2D eigenvalue weighted by atomic mass is 16.6. The molecule has 7 nitrogen and oxygen atoms in total. The highest BCUT2D eigenvalue weighted by Crippen LogP contribution is 2.62. The number of carbonyl (C=O) groups excluding carboxylic acids is 2. The fourth-order valence-corrected chi connectivity index (χ4v) is 6.08. The molecule has 4 aliphatic rings. The molecule has 1 aromatic heterocycles. The van der Waals surface area contributed by atoms with Gasteiger partial charge >= 0.3 is 12.1 Å². The summed E-state index contributed by atoms with van der Waals surface area (Å²) in [6.07, 6.45) is 5.62. The number of rotatable bonds is 4. The standard InChI is InChI=1S/C22H30N2O5/c1-20(2,3)29-19(26)24-17(18(25)28-16-6-4-5-7-23-16)21-9-14-8-15(10-21)12-22(27,11-14)13-21/h4-7,14-15,17,27H,8-13H2,1-3H3,(H,24,26)/t14?,15?,17-,21?,22?/m1/s1. The van der Waals surface area contributed by atoms with Crippen molar-refractivity contribution in [1.29, 1.82) is 0 Å². The number of aliphatic hydroxyl groups is 1. The monoisotopic (exact) mass is 402 g/mol. The molecular formula is C22H30N2O5. The number of nitrogens with zero attached hydrogens (tertiary/aromatic N) is 1. The van der Waals surface area contributed by atoms with Gasteiger partial charge in [-0.1, -0.05) is 6.07 Å². The van der Waals surface area contributed by atoms with E-state index < -0.39 is 34.7 Å². The summed E-state index contributed by atoms with van der Waals surface area (Å²) in [4.78, 5) is 29.9. The maximum Gasteiger partial charge on any atom is 0.408 e. The Kier molecular flexibility index (Phi) is 4.84. The molecule has 1 aromatic rings. The van der Waals surface area contributed by atoms with Crippen molar-refractivity contribution in [1.82, 2.24) is 10.3 Å². The number of hydrogen-bond acceptors (Lipinski definition) is 6. The number of hydrogen-bond donors (Lipinski definition) is 2. The molecule has 4 saturated carbocycles. The first-order valence-corrected chi connectivity index (χ1v) is 10.4. The SMILES string of the molecule is CC(C)(C)OC(=O)N[C@H](C(=O)Oc1ccccn1)C12CC3CC(CC(O)(C3)C1)C2. The summed E-state index contributed by atoms with van der Waals surface area (Å²) in [6, 6.07) is 4.19. The fraction of sp³-hybridized carbons (Fsp3) is 0.682. The summed E-state index contributed by atoms with van der Waals surface area (Å²) >= 11 is 0. The zero-order chi connectivity index (χ0) is 20.9. The minimum Gasteiger partial charge on any atom is -0.444 e. The molecule has 2 N–H and O–H groups in total. The Morgan fingerprint density at radius 1 is 1.21 bits per heavy atom. The van der Waals surface area contributed by atoms with Gasteiger partial charge in [-0.25, -0.2) is 14.6 Å². The van der Waals surface area contributed by atoms with Gasteiger partial charge in [-0.05, 0) is 77.2 Å². The molecule has 2 unspecified atom stereocenters. The molecule has 7 heteroatoms. The second-order valence-corrected chi connectivity index (χ2v) is 10.2. The van der Waals surface area contributed by atoms with Crippen LogP contribution in [-0.4, -0.2) is 39.4 Å². The van der Waals surface area contributed by atoms with Crippen LogP contribution in [0.25, 0.3) is 0 Å². The van der Waals surface area contributed by atoms with Crippen molar-refractivity contribution >= 4 is 12.1 Å². The van der Waals surface area contributed by atoms with Crippen LogP contribution < -0.4 is 10.1 Å². The third-order valence-electron chi connectivity index (χ3n) is 6.43. The summed E-state index contributed by atoms with van der Waals surface area (Å²) in [5, 5.41) is 13.9. The van der Waals surface area contributed by atoms with Crippen molar-refractivity contribution in [2.75, 3.05) is 0 Å². The smallest absolute Gasteiger partial charge is 0.408 e. The van der Waals surface area contributed by atoms with E-state index in [0.29, 0.717) is 18.3 Å². The third kappa shape index (κ3) is 4.25. The lowest BCUT2D eigenvalue weighted by atomic mass is 9.46. The van der Waals surface area contributed by atoms with Gasteiger partial charge in [0.2, 0.25) is 5.88 Å². The molecule has 4 aliphatic carbocycles. The predicted octanol–water partition coefficient (Wildman–Crippen LogP) is 3.21. The molecule has 0 aliphatic heterocycles. The second-order valence-electron chi connectivity index (χ2n) is 10.2. The number of carbonyl (C=O) groups is 2. The van der Waals surface area contributed by atoms with E-state index in [1.54, 1.807) is 45.2 Å². The van der Waals surface area contributed by atoms with Crippen LogP contribution in [0.15, 0.2) is 24.4 Å². The van der Waals surface area contributed by atoms with Crippen LogP contribution in [0.3, 0.4) is 0 Å². The van der Waals surface area contributed by atoms with E-state index in [2.05, 4.69) is 10.3 Å². The van der Waals surface area contributed by atoms with Crippen LogP contribution in [0.4, 0.5) is 4.79 Å². The minimum atomic E-state index is -0.892. The number of aromatic nitrogens is 1. The van der Waals surface area contributed by atoms with Gasteiger partial charge < -0.3 is 19.9 Å². The van der Waals surface area contributed by atoms with Gasteiger partial charge in [-0.2, -0.15) is 0 Å². The van der Waals surface area contributed by atoms with Crippen LogP contribution in [0.5, 0.6) is 5.88 Å². The molecule has 3 atom stereocenters. The quantitative estimate of drug-likeness (QED) is 0.751. The van der Waals surface area contributed by atoms with E-state index in [1.807, 2.05) is 0 Å². The summed E-state index contributed by atoms with van der Waals surface area (Å²) in [6.45, 7) is 5.34. The van der Waals surface area contributed by atoms with Crippen molar-refractivity contribution < 1.29 is 24.2 Å². The summed E-state index contributed by atoms with van der Waals surface area (Å²) in [5.74, 6) is 0.371. The maximum atomic E-state index is 13.2. The van der Waals surface area contributed by atoms with Gasteiger partial charge in [-0.15, -0.1) is 0 Å². The average molecular weight is 402 g/mol. The van der Waals surface area contributed by atoms with Crippen molar-refractivity contribution in [3.8, 4) is 5.88 Å². The van der Waals surface area contributed by atoms with Crippen molar-refractivity contribution in [2.24, 2.45) is 17.3 Å². The Balaban J connectivity index is 1.61. The lowest BCUT2D eigenvalue weighted by Gasteiger charge is -2.61. The number of alkyl carbamates (subject to hydrolysis) is 1. The predicted molar refractivity (Wildman–Crippen MR) is 105 cm³/mol. The topological polar surface area (TPSA) is 97.8 Å². The van der Waals surface area contributed by atoms with Crippen molar-refractivity contribution in [3.63, 3.8) is 0 Å². The van der Waals surface area contributed by atoms with Crippen LogP contribution in [-0.2, 0) is 9.53 Å². The highest BCUT2D eigenvalue weighted by molar-refractivity contribution is 5.84. The normalized spacial score (nSPS) is 33.8. The lowest BCUT2D eigenvalue weighted by molar-refractivity contribution is -0.181. The number of esters is 1. The Morgan fingerprint density at radius 3 is 2.45 bits per heavy atom. The molecule has 158 valence electrons. The molecule has 0 aromatic carbocycles. The Hall–Kier alpha value is -2.15. The van der Waals surface area contributed by atoms with E-state index in [4.69, 9.17) is 9.47 Å². The second kappa shape index (κ2) is 6.97. The van der Waals surface area contributed by atoms with E-state index in [1.165, 1.54) is 0 Å². The van der Waals surface area contributed by atoms with Crippen LogP contribution in [0, 0.1) is 17.3 Å². The summed E-state index contributed by atoms with van der Waals surface area (Å²) in [5.41, 5.74) is -1.97. The number of nitrogens with one attached hydrogen (secondary N) is 1.